The van der Waals surface area contributed by atoms with E-state index in [9.17, 15) is 14.4 Å². The fraction of sp³-hybridized carbons (Fsp3) is 0.286. The number of hydrogen-bond acceptors (Lipinski definition) is 3. The number of hydrogen-bond donors (Lipinski definition) is 2. The first-order valence-electron chi connectivity index (χ1n) is 8.56. The molecule has 2 aromatic carbocycles. The molecule has 5 heteroatoms. The topological polar surface area (TPSA) is 83.5 Å². The zero-order valence-electron chi connectivity index (χ0n) is 15.2. The van der Waals surface area contributed by atoms with Gasteiger partial charge in [0.1, 0.15) is 0 Å². The number of carbonyl (C=O) groups excluding carboxylic acids is 2. The van der Waals surface area contributed by atoms with Crippen molar-refractivity contribution in [1.29, 1.82) is 0 Å². The second kappa shape index (κ2) is 8.43. The third-order valence-electron chi connectivity index (χ3n) is 4.14. The van der Waals surface area contributed by atoms with E-state index >= 15 is 0 Å². The third-order valence-corrected chi connectivity index (χ3v) is 4.14. The summed E-state index contributed by atoms with van der Waals surface area (Å²) < 4.78 is 0. The van der Waals surface area contributed by atoms with Crippen LogP contribution in [0.1, 0.15) is 58.5 Å². The van der Waals surface area contributed by atoms with E-state index in [1.807, 2.05) is 24.3 Å². The van der Waals surface area contributed by atoms with E-state index in [1.54, 1.807) is 31.2 Å². The Balaban J connectivity index is 0.000000195. The minimum atomic E-state index is -0.772. The monoisotopic (exact) mass is 353 g/mol. The summed E-state index contributed by atoms with van der Waals surface area (Å²) in [5.74, 6) is -1.16. The van der Waals surface area contributed by atoms with Gasteiger partial charge in [0.2, 0.25) is 0 Å². The molecule has 5 nitrogen and oxygen atoms in total. The number of carboxylic acid groups (broad SMARTS) is 1. The summed E-state index contributed by atoms with van der Waals surface area (Å²) in [6.45, 7) is 6.06. The minimum Gasteiger partial charge on any atom is -0.481 e. The number of imide groups is 1. The second-order valence-electron chi connectivity index (χ2n) is 6.73. The molecule has 1 unspecified atom stereocenters. The van der Waals surface area contributed by atoms with Crippen molar-refractivity contribution >= 4 is 17.8 Å². The van der Waals surface area contributed by atoms with E-state index in [4.69, 9.17) is 5.11 Å². The Morgan fingerprint density at radius 1 is 0.923 bits per heavy atom. The first kappa shape index (κ1) is 19.4. The molecule has 2 aromatic rings. The Labute approximate surface area is 153 Å². The zero-order chi connectivity index (χ0) is 19.3. The number of nitrogens with one attached hydrogen (secondary N) is 1. The lowest BCUT2D eigenvalue weighted by atomic mass is 9.97. The normalized spacial score (nSPS) is 13.5. The molecule has 136 valence electrons. The number of amides is 2. The summed E-state index contributed by atoms with van der Waals surface area (Å²) >= 11 is 0. The minimum absolute atomic E-state index is 0.300. The molecule has 0 saturated heterocycles. The summed E-state index contributed by atoms with van der Waals surface area (Å²) in [4.78, 5) is 32.7. The Kier molecular flexibility index (Phi) is 6.28. The molecule has 0 aromatic heterocycles. The van der Waals surface area contributed by atoms with Crippen molar-refractivity contribution in [2.45, 2.75) is 33.1 Å². The molecule has 1 heterocycles. The highest BCUT2D eigenvalue weighted by atomic mass is 16.4. The van der Waals surface area contributed by atoms with E-state index in [-0.39, 0.29) is 11.8 Å². The van der Waals surface area contributed by atoms with Gasteiger partial charge in [-0.15, -0.1) is 0 Å². The highest BCUT2D eigenvalue weighted by Gasteiger charge is 2.25. The van der Waals surface area contributed by atoms with Gasteiger partial charge < -0.3 is 5.11 Å². The molecule has 0 spiro atoms. The third kappa shape index (κ3) is 4.79. The van der Waals surface area contributed by atoms with Gasteiger partial charge in [0.15, 0.2) is 0 Å². The standard InChI is InChI=1S/C13H18O2.C8H5NO2/c1-9(2)8-11-4-6-12(7-5-11)10(3)13(14)15;10-7-5-3-1-2-4-6(5)8(11)9-7/h4-7,9-10H,8H2,1-3H3,(H,14,15);1-4H,(H,9,10,11). The van der Waals surface area contributed by atoms with E-state index in [0.29, 0.717) is 17.0 Å². The summed E-state index contributed by atoms with van der Waals surface area (Å²) in [5, 5.41) is 11.1. The number of carboxylic acids is 1. The molecule has 0 radical (unpaired) electrons. The van der Waals surface area contributed by atoms with Crippen molar-refractivity contribution in [3.63, 3.8) is 0 Å². The molecular formula is C21H23NO4. The van der Waals surface area contributed by atoms with Gasteiger partial charge >= 0.3 is 5.97 Å². The van der Waals surface area contributed by atoms with Crippen LogP contribution >= 0.6 is 0 Å². The SMILES string of the molecule is CC(C)Cc1ccc(C(C)C(=O)O)cc1.O=C1NC(=O)c2ccccc21. The van der Waals surface area contributed by atoms with Crippen LogP contribution in [0.25, 0.3) is 0 Å². The van der Waals surface area contributed by atoms with Gasteiger partial charge in [-0.25, -0.2) is 0 Å². The Bertz CT molecular complexity index is 776. The van der Waals surface area contributed by atoms with Crippen LogP contribution in [-0.2, 0) is 11.2 Å². The zero-order valence-corrected chi connectivity index (χ0v) is 15.2. The molecular weight excluding hydrogens is 330 g/mol. The van der Waals surface area contributed by atoms with Gasteiger partial charge in [-0.2, -0.15) is 0 Å². The molecule has 1 aliphatic heterocycles. The van der Waals surface area contributed by atoms with E-state index in [1.165, 1.54) is 5.56 Å². The summed E-state index contributed by atoms with van der Waals surface area (Å²) in [7, 11) is 0. The predicted molar refractivity (Wildman–Crippen MR) is 99.3 cm³/mol. The number of fused-ring (bicyclic) bond motifs is 1. The number of rotatable bonds is 4. The van der Waals surface area contributed by atoms with Gasteiger partial charge in [-0.05, 0) is 42.5 Å². The first-order valence-corrected chi connectivity index (χ1v) is 8.56. The van der Waals surface area contributed by atoms with Crippen molar-refractivity contribution in [3.05, 3.63) is 70.8 Å². The molecule has 2 N–H and O–H groups in total. The quantitative estimate of drug-likeness (QED) is 0.822. The molecule has 26 heavy (non-hydrogen) atoms. The highest BCUT2D eigenvalue weighted by Crippen LogP contribution is 2.17. The molecule has 0 fully saturated rings. The maximum absolute atomic E-state index is 10.9. The molecule has 1 atom stereocenters. The van der Waals surface area contributed by atoms with E-state index < -0.39 is 11.9 Å². The average molecular weight is 353 g/mol. The average Bonchev–Trinajstić information content (AvgIpc) is 2.90. The summed E-state index contributed by atoms with van der Waals surface area (Å²) in [6, 6.07) is 14.6. The molecule has 1 aliphatic rings. The van der Waals surface area contributed by atoms with Crippen molar-refractivity contribution < 1.29 is 19.5 Å². The van der Waals surface area contributed by atoms with Gasteiger partial charge in [0.25, 0.3) is 11.8 Å². The van der Waals surface area contributed by atoms with Gasteiger partial charge in [-0.3, -0.25) is 19.7 Å². The Hall–Kier alpha value is -2.95. The number of aliphatic carboxylic acids is 1. The van der Waals surface area contributed by atoms with Crippen molar-refractivity contribution in [3.8, 4) is 0 Å². The van der Waals surface area contributed by atoms with Crippen molar-refractivity contribution in [2.75, 3.05) is 0 Å². The van der Waals surface area contributed by atoms with E-state index in [0.717, 1.165) is 12.0 Å². The lowest BCUT2D eigenvalue weighted by Crippen LogP contribution is -2.19. The van der Waals surface area contributed by atoms with Crippen LogP contribution in [0.15, 0.2) is 48.5 Å². The van der Waals surface area contributed by atoms with Gasteiger partial charge in [0.05, 0.1) is 17.0 Å². The van der Waals surface area contributed by atoms with Crippen LogP contribution in [0.2, 0.25) is 0 Å². The van der Waals surface area contributed by atoms with Crippen LogP contribution in [0.4, 0.5) is 0 Å². The first-order chi connectivity index (χ1) is 12.3. The fourth-order valence-corrected chi connectivity index (χ4v) is 2.67. The predicted octanol–water partition coefficient (Wildman–Crippen LogP) is 3.64. The molecule has 3 rings (SSSR count). The van der Waals surface area contributed by atoms with Gasteiger partial charge in [0, 0.05) is 0 Å². The maximum Gasteiger partial charge on any atom is 0.310 e. The van der Waals surface area contributed by atoms with E-state index in [2.05, 4.69) is 19.2 Å². The van der Waals surface area contributed by atoms with Crippen LogP contribution < -0.4 is 5.32 Å². The molecule has 0 aliphatic carbocycles. The van der Waals surface area contributed by atoms with Crippen molar-refractivity contribution in [2.24, 2.45) is 5.92 Å². The number of carbonyl (C=O) groups is 3. The maximum atomic E-state index is 10.9. The molecule has 0 bridgehead atoms. The molecule has 0 saturated carbocycles. The van der Waals surface area contributed by atoms with Crippen LogP contribution in [0.5, 0.6) is 0 Å². The van der Waals surface area contributed by atoms with Crippen LogP contribution in [-0.4, -0.2) is 22.9 Å². The summed E-state index contributed by atoms with van der Waals surface area (Å²) in [5.41, 5.74) is 3.08. The van der Waals surface area contributed by atoms with Crippen LogP contribution in [0, 0.1) is 5.92 Å². The Morgan fingerprint density at radius 2 is 1.42 bits per heavy atom. The van der Waals surface area contributed by atoms with Gasteiger partial charge in [-0.1, -0.05) is 50.2 Å². The highest BCUT2D eigenvalue weighted by molar-refractivity contribution is 6.21. The van der Waals surface area contributed by atoms with Crippen LogP contribution in [0.3, 0.4) is 0 Å². The lowest BCUT2D eigenvalue weighted by molar-refractivity contribution is -0.138. The van der Waals surface area contributed by atoms with Crippen molar-refractivity contribution in [1.82, 2.24) is 5.32 Å². The Morgan fingerprint density at radius 3 is 1.85 bits per heavy atom. The summed E-state index contributed by atoms with van der Waals surface area (Å²) in [6.07, 6.45) is 1.04. The second-order valence-corrected chi connectivity index (χ2v) is 6.73. The largest absolute Gasteiger partial charge is 0.481 e. The lowest BCUT2D eigenvalue weighted by Gasteiger charge is -2.09. The number of benzene rings is 2. The smallest absolute Gasteiger partial charge is 0.310 e. The fourth-order valence-electron chi connectivity index (χ4n) is 2.67. The molecule has 2 amide bonds.